The molecule has 0 aliphatic carbocycles. The van der Waals surface area contributed by atoms with Gasteiger partial charge in [0, 0.05) is 12.1 Å². The van der Waals surface area contributed by atoms with Crippen LogP contribution >= 0.6 is 0 Å². The Bertz CT molecular complexity index is 395. The molecule has 15 heavy (non-hydrogen) atoms. The first kappa shape index (κ1) is 12.3. The lowest BCUT2D eigenvalue weighted by Crippen LogP contribution is -2.23. The summed E-state index contributed by atoms with van der Waals surface area (Å²) >= 11 is 0. The van der Waals surface area contributed by atoms with E-state index < -0.39 is 10.0 Å². The quantitative estimate of drug-likeness (QED) is 0.813. The molecule has 0 atom stereocenters. The Morgan fingerprint density at radius 2 is 2.13 bits per heavy atom. The lowest BCUT2D eigenvalue weighted by molar-refractivity contribution is 0.439. The van der Waals surface area contributed by atoms with E-state index in [0.717, 1.165) is 24.8 Å². The highest BCUT2D eigenvalue weighted by Gasteiger charge is 2.20. The van der Waals surface area contributed by atoms with Crippen LogP contribution in [0.5, 0.6) is 0 Å². The molecule has 4 nitrogen and oxygen atoms in total. The van der Waals surface area contributed by atoms with Crippen LogP contribution in [-0.4, -0.2) is 15.0 Å². The molecule has 1 aromatic rings. The summed E-state index contributed by atoms with van der Waals surface area (Å²) in [7, 11) is -3.44. The molecule has 0 radical (unpaired) electrons. The fourth-order valence-electron chi connectivity index (χ4n) is 1.37. The predicted molar refractivity (Wildman–Crippen MR) is 58.2 cm³/mol. The van der Waals surface area contributed by atoms with Gasteiger partial charge in [-0.3, -0.25) is 0 Å². The van der Waals surface area contributed by atoms with Gasteiger partial charge in [0.1, 0.15) is 0 Å². The maximum absolute atomic E-state index is 11.7. The minimum Gasteiger partial charge on any atom is -0.451 e. The minimum atomic E-state index is -3.44. The molecule has 0 aliphatic rings. The van der Waals surface area contributed by atoms with Crippen LogP contribution in [0.1, 0.15) is 32.3 Å². The molecule has 0 bridgehead atoms. The Kier molecular flexibility index (Phi) is 4.35. The van der Waals surface area contributed by atoms with Crippen molar-refractivity contribution in [3.63, 3.8) is 0 Å². The normalized spacial score (nSPS) is 11.9. The first-order valence-corrected chi connectivity index (χ1v) is 6.66. The molecule has 1 heterocycles. The molecule has 1 rings (SSSR count). The summed E-state index contributed by atoms with van der Waals surface area (Å²) in [4.78, 5) is 0. The van der Waals surface area contributed by atoms with Crippen molar-refractivity contribution in [3.05, 3.63) is 17.9 Å². The zero-order chi connectivity index (χ0) is 11.3. The van der Waals surface area contributed by atoms with Crippen molar-refractivity contribution >= 4 is 10.0 Å². The first-order chi connectivity index (χ1) is 7.11. The lowest BCUT2D eigenvalue weighted by Gasteiger charge is -2.03. The van der Waals surface area contributed by atoms with Gasteiger partial charge in [0.05, 0.1) is 6.26 Å². The fraction of sp³-hybridized carbons (Fsp3) is 0.600. The number of sulfonamides is 1. The van der Waals surface area contributed by atoms with E-state index in [9.17, 15) is 8.42 Å². The van der Waals surface area contributed by atoms with Crippen molar-refractivity contribution in [2.75, 3.05) is 6.54 Å². The summed E-state index contributed by atoms with van der Waals surface area (Å²) in [6, 6.07) is 1.72. The molecular formula is C10H17NO3S. The number of furan rings is 1. The number of unbranched alkanes of at least 4 members (excludes halogenated alkanes) is 1. The second-order valence-corrected chi connectivity index (χ2v) is 5.00. The van der Waals surface area contributed by atoms with E-state index in [-0.39, 0.29) is 5.09 Å². The van der Waals surface area contributed by atoms with Gasteiger partial charge in [-0.2, -0.15) is 0 Å². The van der Waals surface area contributed by atoms with Crippen LogP contribution in [0.3, 0.4) is 0 Å². The molecular weight excluding hydrogens is 214 g/mol. The molecule has 1 aromatic heterocycles. The average Bonchev–Trinajstić information content (AvgIpc) is 2.63. The molecule has 1 N–H and O–H groups in total. The second-order valence-electron chi connectivity index (χ2n) is 3.34. The molecule has 0 aromatic carbocycles. The summed E-state index contributed by atoms with van der Waals surface area (Å²) < 4.78 is 30.8. The zero-order valence-corrected chi connectivity index (χ0v) is 9.93. The smallest absolute Gasteiger partial charge is 0.274 e. The standard InChI is InChI=1S/C10H17NO3S/c1-3-5-6-9-7-8-14-10(9)15(12,13)11-4-2/h7-8,11H,3-6H2,1-2H3. The maximum atomic E-state index is 11.7. The monoisotopic (exact) mass is 231 g/mol. The molecule has 0 saturated carbocycles. The van der Waals surface area contributed by atoms with Crippen LogP contribution in [0.4, 0.5) is 0 Å². The third-order valence-electron chi connectivity index (χ3n) is 2.08. The SMILES string of the molecule is CCCCc1ccoc1S(=O)(=O)NCC. The number of rotatable bonds is 6. The highest BCUT2D eigenvalue weighted by molar-refractivity contribution is 7.89. The van der Waals surface area contributed by atoms with Crippen LogP contribution in [0, 0.1) is 0 Å². The van der Waals surface area contributed by atoms with Crippen LogP contribution in [0.25, 0.3) is 0 Å². The Hall–Kier alpha value is -0.810. The second kappa shape index (κ2) is 5.32. The zero-order valence-electron chi connectivity index (χ0n) is 9.12. The van der Waals surface area contributed by atoms with E-state index >= 15 is 0 Å². The summed E-state index contributed by atoms with van der Waals surface area (Å²) in [6.45, 7) is 4.18. The number of hydrogen-bond donors (Lipinski definition) is 1. The average molecular weight is 231 g/mol. The molecule has 0 amide bonds. The van der Waals surface area contributed by atoms with Crippen molar-refractivity contribution in [2.45, 2.75) is 38.2 Å². The number of hydrogen-bond acceptors (Lipinski definition) is 3. The Morgan fingerprint density at radius 3 is 2.73 bits per heavy atom. The van der Waals surface area contributed by atoms with E-state index in [1.54, 1.807) is 13.0 Å². The van der Waals surface area contributed by atoms with Crippen molar-refractivity contribution in [3.8, 4) is 0 Å². The van der Waals surface area contributed by atoms with Gasteiger partial charge in [-0.05, 0) is 18.9 Å². The van der Waals surface area contributed by atoms with Crippen molar-refractivity contribution in [1.82, 2.24) is 4.72 Å². The molecule has 86 valence electrons. The van der Waals surface area contributed by atoms with E-state index in [2.05, 4.69) is 11.6 Å². The van der Waals surface area contributed by atoms with Crippen LogP contribution in [0.15, 0.2) is 21.8 Å². The van der Waals surface area contributed by atoms with Crippen LogP contribution in [0.2, 0.25) is 0 Å². The minimum absolute atomic E-state index is 0.0674. The molecule has 0 aliphatic heterocycles. The van der Waals surface area contributed by atoms with E-state index in [1.165, 1.54) is 6.26 Å². The van der Waals surface area contributed by atoms with Gasteiger partial charge in [0.2, 0.25) is 5.09 Å². The summed E-state index contributed by atoms with van der Waals surface area (Å²) in [5, 5.41) is 0.0674. The van der Waals surface area contributed by atoms with Crippen molar-refractivity contribution in [2.24, 2.45) is 0 Å². The van der Waals surface area contributed by atoms with Gasteiger partial charge < -0.3 is 4.42 Å². The molecule has 0 saturated heterocycles. The van der Waals surface area contributed by atoms with Gasteiger partial charge in [-0.1, -0.05) is 20.3 Å². The third-order valence-corrected chi connectivity index (χ3v) is 3.60. The van der Waals surface area contributed by atoms with Gasteiger partial charge in [-0.25, -0.2) is 13.1 Å². The Morgan fingerprint density at radius 1 is 1.40 bits per heavy atom. The Balaban J connectivity index is 2.89. The summed E-state index contributed by atoms with van der Waals surface area (Å²) in [6.07, 6.45) is 4.17. The lowest BCUT2D eigenvalue weighted by atomic mass is 10.2. The number of aryl methyl sites for hydroxylation is 1. The fourth-order valence-corrected chi connectivity index (χ4v) is 2.57. The Labute approximate surface area is 90.7 Å². The van der Waals surface area contributed by atoms with E-state index in [0.29, 0.717) is 6.54 Å². The largest absolute Gasteiger partial charge is 0.451 e. The molecule has 5 heteroatoms. The first-order valence-electron chi connectivity index (χ1n) is 5.17. The maximum Gasteiger partial charge on any atom is 0.274 e. The van der Waals surface area contributed by atoms with Crippen molar-refractivity contribution < 1.29 is 12.8 Å². The van der Waals surface area contributed by atoms with Crippen LogP contribution < -0.4 is 4.72 Å². The molecule has 0 unspecified atom stereocenters. The third kappa shape index (κ3) is 3.07. The number of nitrogens with one attached hydrogen (secondary N) is 1. The topological polar surface area (TPSA) is 59.3 Å². The molecule has 0 spiro atoms. The predicted octanol–water partition coefficient (Wildman–Crippen LogP) is 1.92. The highest BCUT2D eigenvalue weighted by Crippen LogP contribution is 2.18. The van der Waals surface area contributed by atoms with Gasteiger partial charge in [0.25, 0.3) is 10.0 Å². The van der Waals surface area contributed by atoms with Gasteiger partial charge in [-0.15, -0.1) is 0 Å². The van der Waals surface area contributed by atoms with Gasteiger partial charge >= 0.3 is 0 Å². The van der Waals surface area contributed by atoms with E-state index in [4.69, 9.17) is 4.42 Å². The summed E-state index contributed by atoms with van der Waals surface area (Å²) in [5.41, 5.74) is 0.762. The van der Waals surface area contributed by atoms with Crippen molar-refractivity contribution in [1.29, 1.82) is 0 Å². The van der Waals surface area contributed by atoms with E-state index in [1.807, 2.05) is 0 Å². The molecule has 0 fully saturated rings. The highest BCUT2D eigenvalue weighted by atomic mass is 32.2. The summed E-state index contributed by atoms with van der Waals surface area (Å²) in [5.74, 6) is 0. The van der Waals surface area contributed by atoms with Crippen LogP contribution in [-0.2, 0) is 16.4 Å². The van der Waals surface area contributed by atoms with Gasteiger partial charge in [0.15, 0.2) is 0 Å².